The van der Waals surface area contributed by atoms with Crippen molar-refractivity contribution in [2.24, 2.45) is 5.92 Å². The molecule has 86 valence electrons. The third-order valence-electron chi connectivity index (χ3n) is 2.47. The first kappa shape index (κ1) is 12.9. The first-order valence-corrected chi connectivity index (χ1v) is 6.81. The summed E-state index contributed by atoms with van der Waals surface area (Å²) in [5, 5.41) is 12.4. The molecule has 0 heterocycles. The summed E-state index contributed by atoms with van der Waals surface area (Å²) in [6.07, 6.45) is 2.12. The zero-order chi connectivity index (χ0) is 12.0. The van der Waals surface area contributed by atoms with E-state index in [2.05, 4.69) is 24.6 Å². The predicted molar refractivity (Wildman–Crippen MR) is 71.9 cm³/mol. The van der Waals surface area contributed by atoms with Crippen molar-refractivity contribution < 1.29 is 0 Å². The van der Waals surface area contributed by atoms with Gasteiger partial charge < -0.3 is 5.32 Å². The van der Waals surface area contributed by atoms with Gasteiger partial charge in [-0.1, -0.05) is 19.1 Å². The second-order valence-corrected chi connectivity index (χ2v) is 4.96. The Morgan fingerprint density at radius 3 is 2.88 bits per heavy atom. The van der Waals surface area contributed by atoms with E-state index in [1.54, 1.807) is 0 Å². The van der Waals surface area contributed by atoms with Gasteiger partial charge in [0.05, 0.1) is 11.3 Å². The smallest absolute Gasteiger partial charge is 0.101 e. The summed E-state index contributed by atoms with van der Waals surface area (Å²) >= 11 is 1.85. The van der Waals surface area contributed by atoms with E-state index >= 15 is 0 Å². The van der Waals surface area contributed by atoms with Crippen LogP contribution in [0.3, 0.4) is 0 Å². The van der Waals surface area contributed by atoms with E-state index in [1.807, 2.05) is 36.9 Å². The molecule has 1 N–H and O–H groups in total. The lowest BCUT2D eigenvalue weighted by molar-refractivity contribution is 0.701. The van der Waals surface area contributed by atoms with Crippen LogP contribution in [0.1, 0.15) is 18.1 Å². The molecule has 1 rings (SSSR count). The minimum Gasteiger partial charge on any atom is -0.383 e. The number of nitrogens with zero attached hydrogens (tertiary/aromatic N) is 1. The van der Waals surface area contributed by atoms with Crippen molar-refractivity contribution in [1.29, 1.82) is 5.26 Å². The Morgan fingerprint density at radius 2 is 2.25 bits per heavy atom. The Kier molecular flexibility index (Phi) is 5.21. The van der Waals surface area contributed by atoms with Crippen LogP contribution < -0.4 is 5.32 Å². The highest BCUT2D eigenvalue weighted by molar-refractivity contribution is 7.98. The van der Waals surface area contributed by atoms with Gasteiger partial charge in [-0.05, 0) is 36.5 Å². The van der Waals surface area contributed by atoms with Crippen molar-refractivity contribution in [3.05, 3.63) is 29.3 Å². The van der Waals surface area contributed by atoms with Crippen LogP contribution in [-0.4, -0.2) is 18.6 Å². The Morgan fingerprint density at radius 1 is 1.50 bits per heavy atom. The first-order valence-electron chi connectivity index (χ1n) is 5.41. The molecule has 16 heavy (non-hydrogen) atoms. The number of aryl methyl sites for hydroxylation is 1. The summed E-state index contributed by atoms with van der Waals surface area (Å²) in [4.78, 5) is 0. The highest BCUT2D eigenvalue weighted by atomic mass is 32.2. The van der Waals surface area contributed by atoms with Crippen molar-refractivity contribution in [2.75, 3.05) is 23.9 Å². The quantitative estimate of drug-likeness (QED) is 0.849. The van der Waals surface area contributed by atoms with Crippen LogP contribution in [0.4, 0.5) is 5.69 Å². The van der Waals surface area contributed by atoms with E-state index < -0.39 is 0 Å². The van der Waals surface area contributed by atoms with Crippen LogP contribution >= 0.6 is 11.8 Å². The molecule has 0 aliphatic rings. The highest BCUT2D eigenvalue weighted by Crippen LogP contribution is 2.20. The van der Waals surface area contributed by atoms with Gasteiger partial charge >= 0.3 is 0 Å². The third kappa shape index (κ3) is 3.46. The summed E-state index contributed by atoms with van der Waals surface area (Å²) in [5.74, 6) is 1.75. The lowest BCUT2D eigenvalue weighted by Gasteiger charge is -2.15. The van der Waals surface area contributed by atoms with Crippen molar-refractivity contribution in [1.82, 2.24) is 0 Å². The predicted octanol–water partition coefficient (Wildman–Crippen LogP) is 3.28. The molecule has 0 aromatic heterocycles. The highest BCUT2D eigenvalue weighted by Gasteiger charge is 2.06. The standard InChI is InChI=1S/C13H18N2S/c1-10(9-16-3)8-15-13-11(2)5-4-6-12(13)7-14/h4-6,10,15H,8-9H2,1-3H3. The Bertz CT molecular complexity index is 382. The van der Waals surface area contributed by atoms with E-state index in [0.29, 0.717) is 5.92 Å². The summed E-state index contributed by atoms with van der Waals surface area (Å²) < 4.78 is 0. The van der Waals surface area contributed by atoms with Gasteiger partial charge in [0.1, 0.15) is 6.07 Å². The first-order chi connectivity index (χ1) is 7.69. The van der Waals surface area contributed by atoms with Gasteiger partial charge in [-0.3, -0.25) is 0 Å². The molecule has 1 aromatic rings. The molecule has 0 saturated heterocycles. The maximum Gasteiger partial charge on any atom is 0.101 e. The van der Waals surface area contributed by atoms with E-state index in [1.165, 1.54) is 0 Å². The molecule has 0 radical (unpaired) electrons. The van der Waals surface area contributed by atoms with Crippen LogP contribution in [-0.2, 0) is 0 Å². The molecule has 0 aliphatic heterocycles. The van der Waals surface area contributed by atoms with Gasteiger partial charge in [0.2, 0.25) is 0 Å². The Labute approximate surface area is 102 Å². The molecule has 0 bridgehead atoms. The number of nitriles is 1. The fourth-order valence-corrected chi connectivity index (χ4v) is 2.30. The van der Waals surface area contributed by atoms with Gasteiger partial charge in [-0.15, -0.1) is 0 Å². The monoisotopic (exact) mass is 234 g/mol. The van der Waals surface area contributed by atoms with E-state index in [4.69, 9.17) is 5.26 Å². The minimum absolute atomic E-state index is 0.612. The molecular formula is C13H18N2S. The summed E-state index contributed by atoms with van der Waals surface area (Å²) in [6, 6.07) is 8.03. The topological polar surface area (TPSA) is 35.8 Å². The number of rotatable bonds is 5. The molecular weight excluding hydrogens is 216 g/mol. The lowest BCUT2D eigenvalue weighted by Crippen LogP contribution is -2.14. The molecule has 2 nitrogen and oxygen atoms in total. The fourth-order valence-electron chi connectivity index (χ4n) is 1.62. The third-order valence-corrected chi connectivity index (χ3v) is 3.37. The molecule has 0 saturated carbocycles. The number of anilines is 1. The molecule has 0 fully saturated rings. The van der Waals surface area contributed by atoms with Crippen molar-refractivity contribution in [2.45, 2.75) is 13.8 Å². The second kappa shape index (κ2) is 6.44. The summed E-state index contributed by atoms with van der Waals surface area (Å²) in [6.45, 7) is 5.16. The van der Waals surface area contributed by atoms with Gasteiger partial charge in [0.25, 0.3) is 0 Å². The normalized spacial score (nSPS) is 11.9. The van der Waals surface area contributed by atoms with E-state index in [0.717, 1.165) is 29.1 Å². The molecule has 1 unspecified atom stereocenters. The van der Waals surface area contributed by atoms with Crippen molar-refractivity contribution >= 4 is 17.4 Å². The average molecular weight is 234 g/mol. The van der Waals surface area contributed by atoms with E-state index in [9.17, 15) is 0 Å². The number of hydrogen-bond donors (Lipinski definition) is 1. The average Bonchev–Trinajstić information content (AvgIpc) is 2.27. The molecule has 1 aromatic carbocycles. The molecule has 0 aliphatic carbocycles. The van der Waals surface area contributed by atoms with Crippen LogP contribution in [0.5, 0.6) is 0 Å². The lowest BCUT2D eigenvalue weighted by atomic mass is 10.1. The zero-order valence-electron chi connectivity index (χ0n) is 10.1. The molecule has 3 heteroatoms. The minimum atomic E-state index is 0.612. The number of benzene rings is 1. The van der Waals surface area contributed by atoms with Gasteiger partial charge in [0.15, 0.2) is 0 Å². The maximum absolute atomic E-state index is 9.02. The second-order valence-electron chi connectivity index (χ2n) is 4.05. The number of hydrogen-bond acceptors (Lipinski definition) is 3. The van der Waals surface area contributed by atoms with Crippen LogP contribution in [0, 0.1) is 24.2 Å². The van der Waals surface area contributed by atoms with Crippen LogP contribution in [0.2, 0.25) is 0 Å². The molecule has 0 spiro atoms. The van der Waals surface area contributed by atoms with Gasteiger partial charge in [-0.25, -0.2) is 0 Å². The number of para-hydroxylation sites is 1. The maximum atomic E-state index is 9.02. The number of thioether (sulfide) groups is 1. The number of nitrogens with one attached hydrogen (secondary N) is 1. The van der Waals surface area contributed by atoms with Gasteiger partial charge in [-0.2, -0.15) is 17.0 Å². The Balaban J connectivity index is 2.70. The van der Waals surface area contributed by atoms with Gasteiger partial charge in [0, 0.05) is 6.54 Å². The Hall–Kier alpha value is -1.14. The molecule has 1 atom stereocenters. The van der Waals surface area contributed by atoms with Crippen LogP contribution in [0.25, 0.3) is 0 Å². The van der Waals surface area contributed by atoms with E-state index in [-0.39, 0.29) is 0 Å². The SMILES string of the molecule is CSCC(C)CNc1c(C)cccc1C#N. The zero-order valence-corrected chi connectivity index (χ0v) is 10.9. The van der Waals surface area contributed by atoms with Crippen LogP contribution in [0.15, 0.2) is 18.2 Å². The fraction of sp³-hybridized carbons (Fsp3) is 0.462. The van der Waals surface area contributed by atoms with Crippen molar-refractivity contribution in [3.63, 3.8) is 0 Å². The molecule has 0 amide bonds. The summed E-state index contributed by atoms with van der Waals surface area (Å²) in [5.41, 5.74) is 2.85. The largest absolute Gasteiger partial charge is 0.383 e. The summed E-state index contributed by atoms with van der Waals surface area (Å²) in [7, 11) is 0. The van der Waals surface area contributed by atoms with Crippen molar-refractivity contribution in [3.8, 4) is 6.07 Å².